The van der Waals surface area contributed by atoms with Crippen LogP contribution in [-0.2, 0) is 11.2 Å². The number of fused-ring (bicyclic) bond motifs is 1. The number of hydrogen-bond donors (Lipinski definition) is 3. The Kier molecular flexibility index (Phi) is 9.53. The number of halogens is 1. The van der Waals surface area contributed by atoms with Crippen molar-refractivity contribution < 1.29 is 4.74 Å². The van der Waals surface area contributed by atoms with Crippen molar-refractivity contribution in [2.45, 2.75) is 38.9 Å². The molecule has 1 saturated heterocycles. The number of aromatic amines is 1. The average molecular weight is 499 g/mol. The molecule has 2 aromatic rings. The van der Waals surface area contributed by atoms with Crippen molar-refractivity contribution in [1.82, 2.24) is 20.5 Å². The minimum atomic E-state index is 0. The van der Waals surface area contributed by atoms with Crippen LogP contribution in [0.5, 0.6) is 0 Å². The third kappa shape index (κ3) is 6.63. The molecule has 0 radical (unpaired) electrons. The number of guanidine groups is 1. The zero-order valence-electron chi connectivity index (χ0n) is 17.2. The number of benzene rings is 1. The summed E-state index contributed by atoms with van der Waals surface area (Å²) in [6.07, 6.45) is 4.84. The molecule has 1 aliphatic rings. The molecule has 3 rings (SSSR count). The second kappa shape index (κ2) is 11.6. The summed E-state index contributed by atoms with van der Waals surface area (Å²) in [5, 5.41) is 8.14. The fourth-order valence-electron chi connectivity index (χ4n) is 3.85. The fourth-order valence-corrected chi connectivity index (χ4v) is 3.85. The van der Waals surface area contributed by atoms with Gasteiger partial charge in [-0.25, -0.2) is 0 Å². The van der Waals surface area contributed by atoms with Crippen LogP contribution >= 0.6 is 24.0 Å². The Labute approximate surface area is 185 Å². The Balaban J connectivity index is 0.00000280. The number of nitrogens with zero attached hydrogens (tertiary/aromatic N) is 2. The lowest BCUT2D eigenvalue weighted by Gasteiger charge is -2.35. The van der Waals surface area contributed by atoms with Crippen molar-refractivity contribution in [1.29, 1.82) is 0 Å². The second-order valence-corrected chi connectivity index (χ2v) is 7.41. The van der Waals surface area contributed by atoms with E-state index in [4.69, 9.17) is 4.74 Å². The van der Waals surface area contributed by atoms with Crippen LogP contribution in [0.2, 0.25) is 0 Å². The smallest absolute Gasteiger partial charge is 0.190 e. The van der Waals surface area contributed by atoms with E-state index in [0.29, 0.717) is 12.2 Å². The molecule has 1 aliphatic heterocycles. The molecule has 2 atom stereocenters. The Bertz CT molecular complexity index is 737. The van der Waals surface area contributed by atoms with Crippen LogP contribution in [0.1, 0.15) is 25.8 Å². The molecule has 2 unspecified atom stereocenters. The lowest BCUT2D eigenvalue weighted by Crippen LogP contribution is -2.46. The van der Waals surface area contributed by atoms with E-state index in [-0.39, 0.29) is 24.0 Å². The van der Waals surface area contributed by atoms with Crippen LogP contribution < -0.4 is 10.6 Å². The normalized spacial score (nSPS) is 20.8. The minimum absolute atomic E-state index is 0. The summed E-state index contributed by atoms with van der Waals surface area (Å²) in [7, 11) is 1.83. The number of para-hydroxylation sites is 1. The standard InChI is InChI=1S/C21H33N5O.HI/c1-16-14-26(15-17(2)27-16)12-6-10-23-21(22-3)24-11-9-18-13-25-20-8-5-4-7-19(18)20;/h4-5,7-8,13,16-17,25H,6,9-12,14-15H2,1-3H3,(H2,22,23,24);1H. The molecular weight excluding hydrogens is 465 g/mol. The summed E-state index contributed by atoms with van der Waals surface area (Å²) >= 11 is 0. The highest BCUT2D eigenvalue weighted by Gasteiger charge is 2.21. The van der Waals surface area contributed by atoms with Gasteiger partial charge in [-0.05, 0) is 38.3 Å². The van der Waals surface area contributed by atoms with Crippen LogP contribution in [0.3, 0.4) is 0 Å². The van der Waals surface area contributed by atoms with Gasteiger partial charge < -0.3 is 20.4 Å². The predicted octanol–water partition coefficient (Wildman–Crippen LogP) is 2.99. The largest absolute Gasteiger partial charge is 0.373 e. The molecule has 0 bridgehead atoms. The van der Waals surface area contributed by atoms with E-state index in [1.54, 1.807) is 0 Å². The lowest BCUT2D eigenvalue weighted by molar-refractivity contribution is -0.0679. The number of aliphatic imine (C=N–C) groups is 1. The van der Waals surface area contributed by atoms with E-state index in [0.717, 1.165) is 51.5 Å². The second-order valence-electron chi connectivity index (χ2n) is 7.41. The van der Waals surface area contributed by atoms with Crippen LogP contribution in [0, 0.1) is 0 Å². The number of morpholine rings is 1. The van der Waals surface area contributed by atoms with Gasteiger partial charge in [0, 0.05) is 56.9 Å². The van der Waals surface area contributed by atoms with Gasteiger partial charge in [0.1, 0.15) is 0 Å². The first-order valence-corrected chi connectivity index (χ1v) is 10.0. The third-order valence-corrected chi connectivity index (χ3v) is 5.02. The van der Waals surface area contributed by atoms with Gasteiger partial charge in [-0.3, -0.25) is 9.89 Å². The molecule has 7 heteroatoms. The first-order valence-electron chi connectivity index (χ1n) is 10.0. The van der Waals surface area contributed by atoms with Gasteiger partial charge in [0.25, 0.3) is 0 Å². The monoisotopic (exact) mass is 499 g/mol. The molecule has 1 fully saturated rings. The van der Waals surface area contributed by atoms with Crippen molar-refractivity contribution >= 4 is 40.8 Å². The van der Waals surface area contributed by atoms with Crippen molar-refractivity contribution in [3.63, 3.8) is 0 Å². The Morgan fingerprint density at radius 1 is 1.18 bits per heavy atom. The topological polar surface area (TPSA) is 64.7 Å². The van der Waals surface area contributed by atoms with Gasteiger partial charge in [-0.15, -0.1) is 24.0 Å². The van der Waals surface area contributed by atoms with Crippen LogP contribution in [0.4, 0.5) is 0 Å². The van der Waals surface area contributed by atoms with Gasteiger partial charge in [0.05, 0.1) is 12.2 Å². The SMILES string of the molecule is CN=C(NCCCN1CC(C)OC(C)C1)NCCc1c[nH]c2ccccc12.I. The quantitative estimate of drug-likeness (QED) is 0.237. The third-order valence-electron chi connectivity index (χ3n) is 5.02. The molecular formula is C21H34IN5O. The lowest BCUT2D eigenvalue weighted by atomic mass is 10.1. The molecule has 0 amide bonds. The Morgan fingerprint density at radius 2 is 1.89 bits per heavy atom. The van der Waals surface area contributed by atoms with Crippen molar-refractivity contribution in [3.8, 4) is 0 Å². The van der Waals surface area contributed by atoms with Crippen LogP contribution in [0.25, 0.3) is 10.9 Å². The number of ether oxygens (including phenoxy) is 1. The molecule has 0 saturated carbocycles. The number of rotatable bonds is 7. The van der Waals surface area contributed by atoms with Crippen molar-refractivity contribution in [2.75, 3.05) is 39.8 Å². The van der Waals surface area contributed by atoms with Gasteiger partial charge in [0.15, 0.2) is 5.96 Å². The van der Waals surface area contributed by atoms with Crippen LogP contribution in [-0.4, -0.2) is 67.8 Å². The first kappa shape index (κ1) is 23.0. The molecule has 28 heavy (non-hydrogen) atoms. The van der Waals surface area contributed by atoms with Crippen molar-refractivity contribution in [3.05, 3.63) is 36.0 Å². The molecule has 2 heterocycles. The number of nitrogens with one attached hydrogen (secondary N) is 3. The van der Waals surface area contributed by atoms with E-state index >= 15 is 0 Å². The van der Waals surface area contributed by atoms with Gasteiger partial charge >= 0.3 is 0 Å². The predicted molar refractivity (Wildman–Crippen MR) is 128 cm³/mol. The van der Waals surface area contributed by atoms with E-state index in [9.17, 15) is 0 Å². The molecule has 3 N–H and O–H groups in total. The van der Waals surface area contributed by atoms with E-state index in [1.807, 2.05) is 7.05 Å². The summed E-state index contributed by atoms with van der Waals surface area (Å²) < 4.78 is 5.79. The van der Waals surface area contributed by atoms with E-state index < -0.39 is 0 Å². The average Bonchev–Trinajstić information content (AvgIpc) is 3.06. The maximum atomic E-state index is 5.79. The molecule has 1 aromatic carbocycles. The highest BCUT2D eigenvalue weighted by molar-refractivity contribution is 14.0. The molecule has 1 aromatic heterocycles. The van der Waals surface area contributed by atoms with Crippen molar-refractivity contribution in [2.24, 2.45) is 4.99 Å². The fraction of sp³-hybridized carbons (Fsp3) is 0.571. The summed E-state index contributed by atoms with van der Waals surface area (Å²) in [4.78, 5) is 10.2. The summed E-state index contributed by atoms with van der Waals surface area (Å²) in [6.45, 7) is 9.24. The highest BCUT2D eigenvalue weighted by Crippen LogP contribution is 2.17. The zero-order valence-corrected chi connectivity index (χ0v) is 19.5. The first-order chi connectivity index (χ1) is 13.2. The Morgan fingerprint density at radius 3 is 2.64 bits per heavy atom. The zero-order chi connectivity index (χ0) is 19.1. The van der Waals surface area contributed by atoms with Crippen LogP contribution in [0.15, 0.2) is 35.5 Å². The van der Waals surface area contributed by atoms with E-state index in [2.05, 4.69) is 69.8 Å². The Hall–Kier alpha value is -1.32. The summed E-state index contributed by atoms with van der Waals surface area (Å²) in [5.41, 5.74) is 2.53. The maximum Gasteiger partial charge on any atom is 0.190 e. The number of aromatic nitrogens is 1. The molecule has 0 aliphatic carbocycles. The molecule has 6 nitrogen and oxygen atoms in total. The molecule has 0 spiro atoms. The maximum absolute atomic E-state index is 5.79. The number of H-pyrrole nitrogens is 1. The summed E-state index contributed by atoms with van der Waals surface area (Å²) in [6, 6.07) is 8.43. The minimum Gasteiger partial charge on any atom is -0.373 e. The summed E-state index contributed by atoms with van der Waals surface area (Å²) in [5.74, 6) is 0.874. The molecule has 156 valence electrons. The number of hydrogen-bond acceptors (Lipinski definition) is 3. The van der Waals surface area contributed by atoms with Gasteiger partial charge in [-0.2, -0.15) is 0 Å². The highest BCUT2D eigenvalue weighted by atomic mass is 127. The van der Waals surface area contributed by atoms with Gasteiger partial charge in [-0.1, -0.05) is 18.2 Å². The van der Waals surface area contributed by atoms with Gasteiger partial charge in [0.2, 0.25) is 0 Å². The van der Waals surface area contributed by atoms with E-state index in [1.165, 1.54) is 16.5 Å².